The minimum absolute atomic E-state index is 0.0122. The van der Waals surface area contributed by atoms with Gasteiger partial charge in [0.25, 0.3) is 0 Å². The van der Waals surface area contributed by atoms with E-state index in [0.717, 1.165) is 17.7 Å². The largest absolute Gasteiger partial charge is 0.493 e. The minimum Gasteiger partial charge on any atom is -0.493 e. The van der Waals surface area contributed by atoms with Gasteiger partial charge in [-0.3, -0.25) is 4.79 Å². The number of hydrogen-bond donors (Lipinski definition) is 1. The number of anilines is 1. The Morgan fingerprint density at radius 1 is 1.04 bits per heavy atom. The first-order valence-corrected chi connectivity index (χ1v) is 7.61. The van der Waals surface area contributed by atoms with E-state index in [-0.39, 0.29) is 5.91 Å². The number of hydrogen-bond acceptors (Lipinski definition) is 3. The Hall–Kier alpha value is -2.49. The zero-order valence-electron chi connectivity index (χ0n) is 14.1. The van der Waals surface area contributed by atoms with E-state index < -0.39 is 0 Å². The van der Waals surface area contributed by atoms with Gasteiger partial charge >= 0.3 is 0 Å². The first-order chi connectivity index (χ1) is 11.0. The summed E-state index contributed by atoms with van der Waals surface area (Å²) < 4.78 is 10.5. The average Bonchev–Trinajstić information content (AvgIpc) is 2.54. The lowest BCUT2D eigenvalue weighted by molar-refractivity contribution is -0.116. The highest BCUT2D eigenvalue weighted by Crippen LogP contribution is 2.32. The van der Waals surface area contributed by atoms with Crippen LogP contribution in [-0.2, 0) is 11.2 Å². The summed E-state index contributed by atoms with van der Waals surface area (Å²) in [4.78, 5) is 12.2. The van der Waals surface area contributed by atoms with Crippen LogP contribution in [0.3, 0.4) is 0 Å². The Labute approximate surface area is 137 Å². The van der Waals surface area contributed by atoms with Gasteiger partial charge in [0.1, 0.15) is 0 Å². The van der Waals surface area contributed by atoms with E-state index in [1.807, 2.05) is 25.1 Å². The first kappa shape index (κ1) is 16.9. The molecule has 0 unspecified atom stereocenters. The molecule has 122 valence electrons. The number of benzene rings is 2. The van der Waals surface area contributed by atoms with E-state index in [2.05, 4.69) is 24.4 Å². The highest BCUT2D eigenvalue weighted by Gasteiger charge is 2.11. The van der Waals surface area contributed by atoms with E-state index in [0.29, 0.717) is 17.9 Å². The molecule has 0 aromatic heterocycles. The van der Waals surface area contributed by atoms with Crippen LogP contribution in [0.15, 0.2) is 36.4 Å². The summed E-state index contributed by atoms with van der Waals surface area (Å²) in [6.45, 7) is 3.98. The molecule has 0 radical (unpaired) electrons. The number of aryl methyl sites for hydroxylation is 3. The normalized spacial score (nSPS) is 10.3. The monoisotopic (exact) mass is 313 g/mol. The standard InChI is InChI=1S/C19H23NO3/c1-13-6-5-7-15(10-13)8-9-19(21)20-16-12-18(23-4)17(22-3)11-14(16)2/h5-7,10-12H,8-9H2,1-4H3,(H,20,21). The smallest absolute Gasteiger partial charge is 0.224 e. The van der Waals surface area contributed by atoms with Crippen LogP contribution in [0.4, 0.5) is 5.69 Å². The third-order valence-corrected chi connectivity index (χ3v) is 3.73. The number of ether oxygens (including phenoxy) is 2. The predicted octanol–water partition coefficient (Wildman–Crippen LogP) is 3.89. The second-order valence-corrected chi connectivity index (χ2v) is 5.56. The molecule has 0 saturated carbocycles. The summed E-state index contributed by atoms with van der Waals surface area (Å²) >= 11 is 0. The number of nitrogens with one attached hydrogen (secondary N) is 1. The van der Waals surface area contributed by atoms with Gasteiger partial charge in [-0.1, -0.05) is 29.8 Å². The van der Waals surface area contributed by atoms with Gasteiger partial charge in [0.2, 0.25) is 5.91 Å². The molecule has 0 aliphatic rings. The molecule has 2 aromatic carbocycles. The molecule has 0 heterocycles. The van der Waals surface area contributed by atoms with Crippen LogP contribution >= 0.6 is 0 Å². The Balaban J connectivity index is 2.02. The second kappa shape index (κ2) is 7.68. The third kappa shape index (κ3) is 4.49. The summed E-state index contributed by atoms with van der Waals surface area (Å²) in [7, 11) is 3.17. The SMILES string of the molecule is COc1cc(C)c(NC(=O)CCc2cccc(C)c2)cc1OC. The van der Waals surface area contributed by atoms with Gasteiger partial charge in [-0.25, -0.2) is 0 Å². The zero-order chi connectivity index (χ0) is 16.8. The van der Waals surface area contributed by atoms with Crippen LogP contribution in [0.2, 0.25) is 0 Å². The van der Waals surface area contributed by atoms with E-state index >= 15 is 0 Å². The maximum Gasteiger partial charge on any atom is 0.224 e. The van der Waals surface area contributed by atoms with E-state index in [1.54, 1.807) is 20.3 Å². The van der Waals surface area contributed by atoms with Gasteiger partial charge in [-0.05, 0) is 37.5 Å². The van der Waals surface area contributed by atoms with Crippen molar-refractivity contribution < 1.29 is 14.3 Å². The fourth-order valence-corrected chi connectivity index (χ4v) is 2.45. The molecule has 4 nitrogen and oxygen atoms in total. The van der Waals surface area contributed by atoms with Gasteiger partial charge in [0.15, 0.2) is 11.5 Å². The zero-order valence-corrected chi connectivity index (χ0v) is 14.1. The van der Waals surface area contributed by atoms with Gasteiger partial charge in [0.05, 0.1) is 14.2 Å². The highest BCUT2D eigenvalue weighted by atomic mass is 16.5. The van der Waals surface area contributed by atoms with Crippen LogP contribution in [0, 0.1) is 13.8 Å². The number of methoxy groups -OCH3 is 2. The predicted molar refractivity (Wildman–Crippen MR) is 92.4 cm³/mol. The van der Waals surface area contributed by atoms with Gasteiger partial charge in [-0.2, -0.15) is 0 Å². The summed E-state index contributed by atoms with van der Waals surface area (Å²) in [5.74, 6) is 1.25. The molecule has 0 fully saturated rings. The Morgan fingerprint density at radius 2 is 1.74 bits per heavy atom. The fraction of sp³-hybridized carbons (Fsp3) is 0.316. The van der Waals surface area contributed by atoms with E-state index in [1.165, 1.54) is 11.1 Å². The van der Waals surface area contributed by atoms with Crippen LogP contribution in [0.5, 0.6) is 11.5 Å². The lowest BCUT2D eigenvalue weighted by Crippen LogP contribution is -2.13. The van der Waals surface area contributed by atoms with Gasteiger partial charge < -0.3 is 14.8 Å². The molecule has 2 aromatic rings. The van der Waals surface area contributed by atoms with Crippen molar-refractivity contribution in [2.24, 2.45) is 0 Å². The van der Waals surface area contributed by atoms with Crippen molar-refractivity contribution in [1.29, 1.82) is 0 Å². The number of carbonyl (C=O) groups excluding carboxylic acids is 1. The maximum atomic E-state index is 12.2. The molecule has 0 spiro atoms. The summed E-state index contributed by atoms with van der Waals surface area (Å²) in [5.41, 5.74) is 4.06. The molecular formula is C19H23NO3. The summed E-state index contributed by atoms with van der Waals surface area (Å²) in [6.07, 6.45) is 1.16. The fourth-order valence-electron chi connectivity index (χ4n) is 2.45. The third-order valence-electron chi connectivity index (χ3n) is 3.73. The van der Waals surface area contributed by atoms with Crippen molar-refractivity contribution in [3.8, 4) is 11.5 Å². The van der Waals surface area contributed by atoms with Crippen molar-refractivity contribution in [2.45, 2.75) is 26.7 Å². The molecule has 4 heteroatoms. The quantitative estimate of drug-likeness (QED) is 0.880. The average molecular weight is 313 g/mol. The van der Waals surface area contributed by atoms with Crippen LogP contribution in [0.25, 0.3) is 0 Å². The van der Waals surface area contributed by atoms with Crippen molar-refractivity contribution in [2.75, 3.05) is 19.5 Å². The topological polar surface area (TPSA) is 47.6 Å². The van der Waals surface area contributed by atoms with Crippen LogP contribution < -0.4 is 14.8 Å². The van der Waals surface area contributed by atoms with Gasteiger partial charge in [-0.15, -0.1) is 0 Å². The van der Waals surface area contributed by atoms with Crippen molar-refractivity contribution in [3.63, 3.8) is 0 Å². The number of rotatable bonds is 6. The molecule has 2 rings (SSSR count). The van der Waals surface area contributed by atoms with Crippen molar-refractivity contribution in [1.82, 2.24) is 0 Å². The molecule has 0 aliphatic heterocycles. The second-order valence-electron chi connectivity index (χ2n) is 5.56. The Morgan fingerprint density at radius 3 is 2.39 bits per heavy atom. The molecule has 23 heavy (non-hydrogen) atoms. The molecule has 0 saturated heterocycles. The molecule has 1 N–H and O–H groups in total. The summed E-state index contributed by atoms with van der Waals surface area (Å²) in [6, 6.07) is 11.9. The highest BCUT2D eigenvalue weighted by molar-refractivity contribution is 5.92. The molecule has 0 atom stereocenters. The van der Waals surface area contributed by atoms with Crippen molar-refractivity contribution >= 4 is 11.6 Å². The van der Waals surface area contributed by atoms with Crippen molar-refractivity contribution in [3.05, 3.63) is 53.1 Å². The lowest BCUT2D eigenvalue weighted by atomic mass is 10.1. The number of amides is 1. The van der Waals surface area contributed by atoms with E-state index in [9.17, 15) is 4.79 Å². The minimum atomic E-state index is -0.0122. The maximum absolute atomic E-state index is 12.2. The molecule has 1 amide bonds. The molecule has 0 bridgehead atoms. The van der Waals surface area contributed by atoms with E-state index in [4.69, 9.17) is 9.47 Å². The van der Waals surface area contributed by atoms with Crippen LogP contribution in [-0.4, -0.2) is 20.1 Å². The molecule has 0 aliphatic carbocycles. The van der Waals surface area contributed by atoms with Gasteiger partial charge in [0, 0.05) is 18.2 Å². The first-order valence-electron chi connectivity index (χ1n) is 7.61. The Bertz CT molecular complexity index is 695. The number of carbonyl (C=O) groups is 1. The summed E-state index contributed by atoms with van der Waals surface area (Å²) in [5, 5.41) is 2.95. The molecular weight excluding hydrogens is 290 g/mol. The lowest BCUT2D eigenvalue weighted by Gasteiger charge is -2.13. The van der Waals surface area contributed by atoms with Crippen LogP contribution in [0.1, 0.15) is 23.1 Å². The Kier molecular flexibility index (Phi) is 5.63.